The van der Waals surface area contributed by atoms with Crippen molar-refractivity contribution >= 4 is 5.91 Å². The van der Waals surface area contributed by atoms with Gasteiger partial charge in [0.25, 0.3) is 0 Å². The van der Waals surface area contributed by atoms with Crippen molar-refractivity contribution in [3.8, 4) is 0 Å². The minimum absolute atomic E-state index is 0.0712. The molecular weight excluding hydrogens is 819 g/mol. The lowest BCUT2D eigenvalue weighted by atomic mass is 10.0. The second-order valence-electron chi connectivity index (χ2n) is 18.6. The monoisotopic (exact) mass is 926 g/mol. The van der Waals surface area contributed by atoms with E-state index in [-0.39, 0.29) is 12.5 Å². The summed E-state index contributed by atoms with van der Waals surface area (Å²) in [4.78, 5) is 12.5. The summed E-state index contributed by atoms with van der Waals surface area (Å²) in [5, 5.41) is 23.1. The summed E-state index contributed by atoms with van der Waals surface area (Å²) in [5.74, 6) is -0.0712. The molecule has 0 saturated heterocycles. The Kier molecular flexibility index (Phi) is 54.4. The number of rotatable bonds is 50. The van der Waals surface area contributed by atoms with Crippen LogP contribution in [-0.4, -0.2) is 34.9 Å². The molecule has 0 aliphatic heterocycles. The first-order chi connectivity index (χ1) is 33.2. The Labute approximate surface area is 416 Å². The number of allylic oxidation sites excluding steroid dienone is 19. The molecule has 0 heterocycles. The Bertz CT molecular complexity index is 1330. The van der Waals surface area contributed by atoms with Crippen LogP contribution in [0.4, 0.5) is 0 Å². The molecule has 2 unspecified atom stereocenters. The van der Waals surface area contributed by atoms with Crippen molar-refractivity contribution in [3.63, 3.8) is 0 Å². The number of unbranched alkanes of at least 4 members (excludes halogenated alkanes) is 25. The van der Waals surface area contributed by atoms with E-state index in [1.54, 1.807) is 6.08 Å². The van der Waals surface area contributed by atoms with Gasteiger partial charge in [-0.05, 0) is 89.9 Å². The Morgan fingerprint density at radius 1 is 0.373 bits per heavy atom. The second-order valence-corrected chi connectivity index (χ2v) is 18.6. The summed E-state index contributed by atoms with van der Waals surface area (Å²) in [7, 11) is 0. The zero-order valence-electron chi connectivity index (χ0n) is 43.9. The van der Waals surface area contributed by atoms with Gasteiger partial charge in [0.2, 0.25) is 5.91 Å². The number of nitrogens with one attached hydrogen (secondary N) is 1. The van der Waals surface area contributed by atoms with Crippen molar-refractivity contribution in [1.29, 1.82) is 0 Å². The van der Waals surface area contributed by atoms with E-state index < -0.39 is 12.1 Å². The van der Waals surface area contributed by atoms with E-state index >= 15 is 0 Å². The van der Waals surface area contributed by atoms with Crippen LogP contribution in [0.3, 0.4) is 0 Å². The minimum Gasteiger partial charge on any atom is -0.394 e. The average molecular weight is 927 g/mol. The molecule has 3 N–H and O–H groups in total. The lowest BCUT2D eigenvalue weighted by Gasteiger charge is -2.20. The van der Waals surface area contributed by atoms with E-state index in [1.807, 2.05) is 6.08 Å². The zero-order chi connectivity index (χ0) is 48.5. The maximum absolute atomic E-state index is 12.5. The van der Waals surface area contributed by atoms with Crippen molar-refractivity contribution < 1.29 is 15.0 Å². The van der Waals surface area contributed by atoms with E-state index in [1.165, 1.54) is 148 Å². The van der Waals surface area contributed by atoms with E-state index in [2.05, 4.69) is 129 Å². The standard InChI is InChI=1S/C63H107NO3/c1-3-5-7-9-11-13-15-17-19-21-22-23-24-25-26-27-28-29-30-31-32-33-34-35-36-37-38-39-40-41-42-43-45-47-49-51-53-55-57-59-63(67)64-61(60-65)62(66)58-56-54-52-50-48-46-44-20-18-16-14-12-10-8-6-4-2/h5,7,11,13,17,19,22-23,25-26,28-29,31-32,34-35,37-38,56,58,61-62,65-66H,3-4,6,8-10,12,14-16,18,20-21,24,27,30,33,36,39-55,57,59-60H2,1-2H3,(H,64,67)/b7-5-,13-11-,19-17-,23-22-,26-25-,29-28-,32-31-,35-34-,38-37-,58-56+. The van der Waals surface area contributed by atoms with Gasteiger partial charge in [0.15, 0.2) is 0 Å². The summed E-state index contributed by atoms with van der Waals surface area (Å²) < 4.78 is 0. The van der Waals surface area contributed by atoms with E-state index in [0.717, 1.165) is 83.5 Å². The molecule has 1 amide bonds. The van der Waals surface area contributed by atoms with Gasteiger partial charge in [0.05, 0.1) is 18.8 Å². The molecule has 0 fully saturated rings. The molecule has 0 aliphatic carbocycles. The summed E-state index contributed by atoms with van der Waals surface area (Å²) in [5.41, 5.74) is 0. The molecule has 0 bridgehead atoms. The van der Waals surface area contributed by atoms with Crippen molar-refractivity contribution in [2.45, 2.75) is 264 Å². The lowest BCUT2D eigenvalue weighted by Crippen LogP contribution is -2.45. The van der Waals surface area contributed by atoms with Gasteiger partial charge in [0, 0.05) is 6.42 Å². The molecule has 0 aromatic rings. The largest absolute Gasteiger partial charge is 0.394 e. The Morgan fingerprint density at radius 3 is 0.985 bits per heavy atom. The number of amides is 1. The third kappa shape index (κ3) is 53.6. The zero-order valence-corrected chi connectivity index (χ0v) is 43.9. The third-order valence-corrected chi connectivity index (χ3v) is 12.2. The van der Waals surface area contributed by atoms with Gasteiger partial charge in [-0.15, -0.1) is 0 Å². The van der Waals surface area contributed by atoms with Gasteiger partial charge >= 0.3 is 0 Å². The molecule has 0 rings (SSSR count). The minimum atomic E-state index is -0.847. The molecule has 67 heavy (non-hydrogen) atoms. The van der Waals surface area contributed by atoms with Crippen molar-refractivity contribution in [2.75, 3.05) is 6.61 Å². The smallest absolute Gasteiger partial charge is 0.220 e. The number of aliphatic hydroxyl groups excluding tert-OH is 2. The van der Waals surface area contributed by atoms with Crippen LogP contribution in [0.5, 0.6) is 0 Å². The highest BCUT2D eigenvalue weighted by atomic mass is 16.3. The van der Waals surface area contributed by atoms with Crippen LogP contribution in [0.1, 0.15) is 251 Å². The molecule has 0 radical (unpaired) electrons. The number of hydrogen-bond acceptors (Lipinski definition) is 3. The number of hydrogen-bond donors (Lipinski definition) is 3. The first kappa shape index (κ1) is 63.8. The average Bonchev–Trinajstić information content (AvgIpc) is 3.33. The van der Waals surface area contributed by atoms with Crippen LogP contribution in [0, 0.1) is 0 Å². The van der Waals surface area contributed by atoms with Crippen LogP contribution in [-0.2, 0) is 4.79 Å². The second kappa shape index (κ2) is 57.1. The normalized spacial score (nSPS) is 13.8. The number of carbonyl (C=O) groups is 1. The summed E-state index contributed by atoms with van der Waals surface area (Å²) in [6, 6.07) is -0.631. The van der Waals surface area contributed by atoms with Crippen molar-refractivity contribution in [2.24, 2.45) is 0 Å². The molecule has 4 heteroatoms. The summed E-state index contributed by atoms with van der Waals surface area (Å²) >= 11 is 0. The fourth-order valence-electron chi connectivity index (χ4n) is 7.94. The van der Waals surface area contributed by atoms with E-state index in [9.17, 15) is 15.0 Å². The first-order valence-corrected chi connectivity index (χ1v) is 28.2. The van der Waals surface area contributed by atoms with Crippen molar-refractivity contribution in [1.82, 2.24) is 5.32 Å². The molecule has 382 valence electrons. The van der Waals surface area contributed by atoms with Gasteiger partial charge in [0.1, 0.15) is 0 Å². The van der Waals surface area contributed by atoms with Gasteiger partial charge in [-0.25, -0.2) is 0 Å². The molecule has 0 spiro atoms. The highest BCUT2D eigenvalue weighted by molar-refractivity contribution is 5.76. The molecule has 0 aromatic heterocycles. The molecule has 0 aromatic carbocycles. The predicted octanol–water partition coefficient (Wildman–Crippen LogP) is 18.9. The number of carbonyl (C=O) groups excluding carboxylic acids is 1. The van der Waals surface area contributed by atoms with Crippen LogP contribution in [0.15, 0.2) is 122 Å². The Hall–Kier alpha value is -3.21. The summed E-state index contributed by atoms with van der Waals surface area (Å²) in [6.07, 6.45) is 87.8. The summed E-state index contributed by atoms with van der Waals surface area (Å²) in [6.45, 7) is 4.19. The van der Waals surface area contributed by atoms with Gasteiger partial charge in [-0.1, -0.05) is 277 Å². The van der Waals surface area contributed by atoms with Gasteiger partial charge in [-0.3, -0.25) is 4.79 Å². The van der Waals surface area contributed by atoms with Crippen LogP contribution in [0.2, 0.25) is 0 Å². The first-order valence-electron chi connectivity index (χ1n) is 28.2. The van der Waals surface area contributed by atoms with Gasteiger partial charge in [-0.2, -0.15) is 0 Å². The molecular formula is C63H107NO3. The Balaban J connectivity index is 3.59. The molecule has 0 aliphatic rings. The predicted molar refractivity (Wildman–Crippen MR) is 299 cm³/mol. The Morgan fingerprint density at radius 2 is 0.657 bits per heavy atom. The maximum atomic E-state index is 12.5. The fraction of sp³-hybridized carbons (Fsp3) is 0.667. The fourth-order valence-corrected chi connectivity index (χ4v) is 7.94. The number of aliphatic hydroxyl groups is 2. The quantitative estimate of drug-likeness (QED) is 0.0421. The highest BCUT2D eigenvalue weighted by Gasteiger charge is 2.18. The van der Waals surface area contributed by atoms with Gasteiger partial charge < -0.3 is 15.5 Å². The topological polar surface area (TPSA) is 69.6 Å². The van der Waals surface area contributed by atoms with Crippen LogP contribution >= 0.6 is 0 Å². The highest BCUT2D eigenvalue weighted by Crippen LogP contribution is 2.15. The third-order valence-electron chi connectivity index (χ3n) is 12.2. The SMILES string of the molecule is CC/C=C\C/C=C\C/C=C\C/C=C\C/C=C\C/C=C\C/C=C\C/C=C\C/C=C\CCCCCCCCCCCCCC(=O)NC(CO)C(O)/C=C/CCCCCCCCCCCCCCCC. The molecule has 4 nitrogen and oxygen atoms in total. The van der Waals surface area contributed by atoms with E-state index in [4.69, 9.17) is 0 Å². The lowest BCUT2D eigenvalue weighted by molar-refractivity contribution is -0.123. The van der Waals surface area contributed by atoms with Crippen LogP contribution in [0.25, 0.3) is 0 Å². The van der Waals surface area contributed by atoms with Crippen LogP contribution < -0.4 is 5.32 Å². The molecule has 2 atom stereocenters. The van der Waals surface area contributed by atoms with E-state index in [0.29, 0.717) is 6.42 Å². The molecule has 0 saturated carbocycles. The van der Waals surface area contributed by atoms with Crippen molar-refractivity contribution in [3.05, 3.63) is 122 Å². The maximum Gasteiger partial charge on any atom is 0.220 e.